The summed E-state index contributed by atoms with van der Waals surface area (Å²) in [6.45, 7) is 0. The van der Waals surface area contributed by atoms with Gasteiger partial charge in [-0.2, -0.15) is 0 Å². The monoisotopic (exact) mass is 1640 g/mol. The summed E-state index contributed by atoms with van der Waals surface area (Å²) in [5, 5.41) is 42.3. The number of hydrogen-bond acceptors (Lipinski definition) is 8. The molecule has 103 heavy (non-hydrogen) atoms. The fourth-order valence-corrected chi connectivity index (χ4v) is 13.4. The molecule has 0 amide bonds. The molecule has 0 unspecified atom stereocenters. The maximum absolute atomic E-state index is 11.0. The van der Waals surface area contributed by atoms with E-state index in [1.165, 1.54) is 32.4 Å². The van der Waals surface area contributed by atoms with Gasteiger partial charge in [-0.25, -0.2) is 0 Å². The fourth-order valence-electron chi connectivity index (χ4n) is 12.2. The van der Waals surface area contributed by atoms with Crippen molar-refractivity contribution in [3.05, 3.63) is 393 Å². The number of aromatic hydroxyl groups is 2. The lowest BCUT2D eigenvalue weighted by Gasteiger charge is -2.26. The van der Waals surface area contributed by atoms with Gasteiger partial charge in [0.05, 0.1) is 0 Å². The number of halogens is 4. The van der Waals surface area contributed by atoms with E-state index < -0.39 is 7.12 Å². The molecule has 0 bridgehead atoms. The van der Waals surface area contributed by atoms with Gasteiger partial charge in [-0.15, -0.1) is 0 Å². The van der Waals surface area contributed by atoms with Crippen molar-refractivity contribution in [3.8, 4) is 56.0 Å². The molecule has 0 aliphatic rings. The minimum Gasteiger partial charge on any atom is -0.508 e. The minimum absolute atomic E-state index is 0.0693. The zero-order valence-corrected chi connectivity index (χ0v) is 62.3. The molecular weight excluding hydrogens is 1580 g/mol. The summed E-state index contributed by atoms with van der Waals surface area (Å²) in [5.74, 6) is 0.0765. The lowest BCUT2D eigenvalue weighted by molar-refractivity contribution is 0.419. The van der Waals surface area contributed by atoms with E-state index in [-0.39, 0.29) is 17.0 Å². The van der Waals surface area contributed by atoms with Crippen molar-refractivity contribution in [2.75, 3.05) is 14.7 Å². The van der Waals surface area contributed by atoms with Crippen molar-refractivity contribution in [1.29, 1.82) is 0 Å². The van der Waals surface area contributed by atoms with Gasteiger partial charge in [0.2, 0.25) is 0 Å². The first-order valence-electron chi connectivity index (χ1n) is 33.2. The Labute approximate surface area is 639 Å². The summed E-state index contributed by atoms with van der Waals surface area (Å²) in [7, 11) is -1.73. The minimum atomic E-state index is -1.73. The Hall–Kier alpha value is -10.7. The van der Waals surface area contributed by atoms with E-state index in [4.69, 9.17) is 4.42 Å². The van der Waals surface area contributed by atoms with Crippen molar-refractivity contribution < 1.29 is 24.7 Å². The summed E-state index contributed by atoms with van der Waals surface area (Å²) in [6.07, 6.45) is 0. The van der Waals surface area contributed by atoms with Gasteiger partial charge in [-0.05, 0) is 219 Å². The zero-order chi connectivity index (χ0) is 71.0. The average molecular weight is 1650 g/mol. The number of phenolic OH excluding ortho intramolecular Hbond substituents is 2. The van der Waals surface area contributed by atoms with Crippen molar-refractivity contribution in [2.24, 2.45) is 0 Å². The second-order valence-electron chi connectivity index (χ2n) is 23.9. The van der Waals surface area contributed by atoms with Crippen LogP contribution in [0.4, 0.5) is 51.2 Å². The van der Waals surface area contributed by atoms with E-state index >= 15 is 0 Å². The van der Waals surface area contributed by atoms with Gasteiger partial charge >= 0.3 is 7.12 Å². The second-order valence-corrected chi connectivity index (χ2v) is 27.9. The highest BCUT2D eigenvalue weighted by atomic mass is 127. The van der Waals surface area contributed by atoms with E-state index in [1.54, 1.807) is 6.07 Å². The molecule has 0 atom stereocenters. The van der Waals surface area contributed by atoms with Crippen LogP contribution >= 0.6 is 70.4 Å². The number of para-hydroxylation sites is 3. The van der Waals surface area contributed by atoms with Gasteiger partial charge in [-0.3, -0.25) is 0 Å². The van der Waals surface area contributed by atoms with Gasteiger partial charge in [0.1, 0.15) is 22.7 Å². The van der Waals surface area contributed by atoms with Gasteiger partial charge < -0.3 is 39.4 Å². The van der Waals surface area contributed by atoms with Crippen LogP contribution < -0.4 is 20.2 Å². The van der Waals surface area contributed by atoms with Crippen LogP contribution in [0, 0.1) is 3.57 Å². The summed E-state index contributed by atoms with van der Waals surface area (Å²) in [6, 6.07) is 126. The molecule has 8 nitrogen and oxygen atoms in total. The molecule has 1 heterocycles. The van der Waals surface area contributed by atoms with Crippen LogP contribution in [-0.2, 0) is 0 Å². The number of hydrogen-bond donors (Lipinski definition) is 4. The first kappa shape index (κ1) is 70.7. The lowest BCUT2D eigenvalue weighted by atomic mass is 9.79. The zero-order valence-electron chi connectivity index (χ0n) is 55.4. The predicted molar refractivity (Wildman–Crippen MR) is 448 cm³/mol. The molecule has 0 spiro atoms. The molecule has 0 saturated heterocycles. The normalized spacial score (nSPS) is 10.7. The van der Waals surface area contributed by atoms with Crippen LogP contribution in [0.2, 0.25) is 0 Å². The average Bonchev–Trinajstić information content (AvgIpc) is 1.70. The third kappa shape index (κ3) is 17.6. The predicted octanol–water partition coefficient (Wildman–Crippen LogP) is 25.7. The Balaban J connectivity index is 0.000000130. The molecule has 15 aromatic carbocycles. The molecule has 502 valence electrons. The molecule has 4 N–H and O–H groups in total. The molecule has 1 aromatic heterocycles. The molecule has 0 aliphatic heterocycles. The molecule has 13 heteroatoms. The first-order valence-corrected chi connectivity index (χ1v) is 36.7. The van der Waals surface area contributed by atoms with Crippen molar-refractivity contribution >= 4 is 156 Å². The van der Waals surface area contributed by atoms with Crippen LogP contribution in [0.5, 0.6) is 11.5 Å². The number of phenols is 2. The molecule has 16 aromatic rings. The Kier molecular flexibility index (Phi) is 23.2. The summed E-state index contributed by atoms with van der Waals surface area (Å²) < 4.78 is 10.7. The fraction of sp³-hybridized carbons (Fsp3) is 0. The standard InChI is InChI=1S/C30H20BrNO.C30H22BrNO.C24H20BNO3.C6H4BrI/c31-23-14-16-27-28-17-15-26(20-30(28)33-29(27)19-23)32(24-11-5-2-6-12-24)25-13-7-10-22(18-25)21-8-3-1-4-9-21;31-25-16-14-23(15-17-25)29-19-18-28(21-30(29)33)32(26-11-5-2-6-12-26)27-13-7-10-24(20-27)22-8-3-1-4-9-22;27-24-17-22(14-15-23(24)25(28)29)26(20-11-5-2-6-12-20)21-13-7-10-19(16-21)18-8-3-1-4-9-18;7-5-1-3-6(8)4-2-5/h1-20H;1-21,33H;1-17,27-29H;1-4H. The molecule has 0 aliphatic carbocycles. The van der Waals surface area contributed by atoms with E-state index in [1.807, 2.05) is 157 Å². The molecule has 0 saturated carbocycles. The quantitative estimate of drug-likeness (QED) is 0.0631. The summed E-state index contributed by atoms with van der Waals surface area (Å²) in [5.41, 5.74) is 19.2. The summed E-state index contributed by atoms with van der Waals surface area (Å²) >= 11 is 12.6. The van der Waals surface area contributed by atoms with Crippen molar-refractivity contribution in [1.82, 2.24) is 0 Å². The Morgan fingerprint density at radius 2 is 0.583 bits per heavy atom. The maximum atomic E-state index is 11.0. The third-order valence-electron chi connectivity index (χ3n) is 17.1. The Morgan fingerprint density at radius 1 is 0.262 bits per heavy atom. The van der Waals surface area contributed by atoms with Crippen LogP contribution in [-0.4, -0.2) is 27.4 Å². The third-order valence-corrected chi connectivity index (χ3v) is 19.4. The van der Waals surface area contributed by atoms with Crippen molar-refractivity contribution in [2.45, 2.75) is 0 Å². The second kappa shape index (κ2) is 33.8. The number of benzene rings is 15. The van der Waals surface area contributed by atoms with Gasteiger partial charge in [-0.1, -0.05) is 248 Å². The highest BCUT2D eigenvalue weighted by Gasteiger charge is 2.22. The molecule has 16 rings (SSSR count). The van der Waals surface area contributed by atoms with Crippen LogP contribution in [0.15, 0.2) is 394 Å². The number of nitrogens with zero attached hydrogens (tertiary/aromatic N) is 3. The molecule has 0 radical (unpaired) electrons. The van der Waals surface area contributed by atoms with E-state index in [0.717, 1.165) is 109 Å². The van der Waals surface area contributed by atoms with Crippen LogP contribution in [0.3, 0.4) is 0 Å². The Bertz CT molecular complexity index is 5440. The summed E-state index contributed by atoms with van der Waals surface area (Å²) in [4.78, 5) is 6.45. The topological polar surface area (TPSA) is 104 Å². The first-order chi connectivity index (χ1) is 50.4. The highest BCUT2D eigenvalue weighted by molar-refractivity contribution is 14.1. The van der Waals surface area contributed by atoms with Crippen LogP contribution in [0.25, 0.3) is 66.4 Å². The smallest absolute Gasteiger partial charge is 0.492 e. The maximum Gasteiger partial charge on any atom is 0.492 e. The van der Waals surface area contributed by atoms with Gasteiger partial charge in [0.15, 0.2) is 0 Å². The van der Waals surface area contributed by atoms with E-state index in [9.17, 15) is 20.3 Å². The number of rotatable bonds is 14. The molecular formula is C90H66BBr3IN3O5. The largest absolute Gasteiger partial charge is 0.508 e. The number of fused-ring (bicyclic) bond motifs is 3. The van der Waals surface area contributed by atoms with Crippen LogP contribution in [0.1, 0.15) is 0 Å². The SMILES string of the molecule is Brc1ccc(I)cc1.Brc1ccc2c(c1)oc1cc(N(c3ccccc3)c3cccc(-c4ccccc4)c3)ccc12.OB(O)c1ccc(N(c2ccccc2)c2cccc(-c3ccccc3)c2)cc1O.Oc1cc(N(c2ccccc2)c2cccc(-c3ccccc3)c2)ccc1-c1ccc(Br)cc1. The van der Waals surface area contributed by atoms with E-state index in [2.05, 4.69) is 286 Å². The van der Waals surface area contributed by atoms with Gasteiger partial charge in [0, 0.05) is 108 Å². The lowest BCUT2D eigenvalue weighted by Crippen LogP contribution is -2.30. The van der Waals surface area contributed by atoms with Gasteiger partial charge in [0.25, 0.3) is 0 Å². The number of furan rings is 1. The number of anilines is 9. The molecule has 0 fully saturated rings. The highest BCUT2D eigenvalue weighted by Crippen LogP contribution is 2.44. The van der Waals surface area contributed by atoms with Crippen molar-refractivity contribution in [3.63, 3.8) is 0 Å². The van der Waals surface area contributed by atoms with E-state index in [0.29, 0.717) is 5.69 Å². The Morgan fingerprint density at radius 3 is 0.981 bits per heavy atom.